The van der Waals surface area contributed by atoms with Gasteiger partial charge in [0.1, 0.15) is 5.82 Å². The minimum Gasteiger partial charge on any atom is -0.247 e. The molecule has 0 spiro atoms. The molecule has 0 aliphatic rings. The summed E-state index contributed by atoms with van der Waals surface area (Å²) in [5.41, 5.74) is 5.72. The summed E-state index contributed by atoms with van der Waals surface area (Å²) < 4.78 is 13.4. The maximum absolute atomic E-state index is 13.4. The Morgan fingerprint density at radius 3 is 2.25 bits per heavy atom. The smallest absolute Gasteiger partial charge is 0.123 e. The zero-order chi connectivity index (χ0) is 18.8. The Balaban J connectivity index is 0.00000225. The van der Waals surface area contributed by atoms with Gasteiger partial charge in [-0.2, -0.15) is 0 Å². The number of alkyl halides is 1. The van der Waals surface area contributed by atoms with E-state index in [4.69, 9.17) is 28.2 Å². The minimum absolute atomic E-state index is 0. The molecule has 0 unspecified atom stereocenters. The Morgan fingerprint density at radius 1 is 0.857 bits per heavy atom. The van der Waals surface area contributed by atoms with Crippen molar-refractivity contribution in [2.75, 3.05) is 5.88 Å². The van der Waals surface area contributed by atoms with Crippen molar-refractivity contribution in [3.63, 3.8) is 0 Å². The van der Waals surface area contributed by atoms with Crippen LogP contribution in [0.2, 0.25) is 5.02 Å². The first-order valence-corrected chi connectivity index (χ1v) is 9.58. The fraction of sp³-hybridized carbons (Fsp3) is 0.0870. The molecule has 0 aliphatic carbocycles. The predicted octanol–water partition coefficient (Wildman–Crippen LogP) is 7.56. The maximum atomic E-state index is 13.4. The largest absolute Gasteiger partial charge is 0.247 e. The lowest BCUT2D eigenvalue weighted by atomic mass is 9.90. The zero-order valence-electron chi connectivity index (χ0n) is 14.8. The summed E-state index contributed by atoms with van der Waals surface area (Å²) in [5, 5.41) is 1.65. The van der Waals surface area contributed by atoms with Crippen LogP contribution in [0, 0.1) is 5.82 Å². The Bertz CT molecular complexity index is 1100. The minimum atomic E-state index is -0.270. The highest BCUT2D eigenvalue weighted by Crippen LogP contribution is 2.38. The number of halogens is 4. The van der Waals surface area contributed by atoms with E-state index in [0.29, 0.717) is 17.3 Å². The van der Waals surface area contributed by atoms with Crippen molar-refractivity contribution < 1.29 is 4.39 Å². The maximum Gasteiger partial charge on any atom is 0.123 e. The van der Waals surface area contributed by atoms with Crippen molar-refractivity contribution in [1.29, 1.82) is 0 Å². The van der Waals surface area contributed by atoms with Gasteiger partial charge in [0.05, 0.1) is 11.2 Å². The first-order valence-electron chi connectivity index (χ1n) is 8.67. The van der Waals surface area contributed by atoms with Crippen molar-refractivity contribution in [3.8, 4) is 22.4 Å². The van der Waals surface area contributed by atoms with E-state index >= 15 is 0 Å². The second-order valence-corrected chi connectivity index (χ2v) is 7.10. The number of hydrogen-bond acceptors (Lipinski definition) is 1. The average molecular weight is 433 g/mol. The van der Waals surface area contributed by atoms with Crippen LogP contribution in [-0.4, -0.2) is 10.9 Å². The van der Waals surface area contributed by atoms with Crippen LogP contribution >= 0.6 is 35.6 Å². The Hall–Kier alpha value is -2.13. The van der Waals surface area contributed by atoms with Gasteiger partial charge in [-0.25, -0.2) is 9.37 Å². The molecule has 0 N–H and O–H groups in total. The summed E-state index contributed by atoms with van der Waals surface area (Å²) in [7, 11) is 0. The molecule has 1 heterocycles. The van der Waals surface area contributed by atoms with E-state index in [2.05, 4.69) is 12.1 Å². The molecule has 0 saturated carbocycles. The fourth-order valence-corrected chi connectivity index (χ4v) is 3.75. The normalized spacial score (nSPS) is 10.7. The molecule has 0 aliphatic heterocycles. The summed E-state index contributed by atoms with van der Waals surface area (Å²) in [4.78, 5) is 4.88. The second-order valence-electron chi connectivity index (χ2n) is 6.29. The third kappa shape index (κ3) is 4.00. The van der Waals surface area contributed by atoms with Gasteiger partial charge in [-0.05, 0) is 65.6 Å². The van der Waals surface area contributed by atoms with Crippen LogP contribution < -0.4 is 0 Å². The van der Waals surface area contributed by atoms with Crippen molar-refractivity contribution in [3.05, 3.63) is 89.2 Å². The summed E-state index contributed by atoms with van der Waals surface area (Å²) in [6, 6.07) is 22.3. The van der Waals surface area contributed by atoms with E-state index in [0.717, 1.165) is 38.9 Å². The molecule has 0 fully saturated rings. The molecule has 4 rings (SSSR count). The van der Waals surface area contributed by atoms with Crippen molar-refractivity contribution in [1.82, 2.24) is 4.98 Å². The number of hydrogen-bond donors (Lipinski definition) is 0. The van der Waals surface area contributed by atoms with E-state index < -0.39 is 0 Å². The topological polar surface area (TPSA) is 12.9 Å². The van der Waals surface area contributed by atoms with Crippen LogP contribution in [-0.2, 0) is 6.42 Å². The van der Waals surface area contributed by atoms with Crippen molar-refractivity contribution >= 4 is 46.5 Å². The number of pyridine rings is 1. The molecule has 0 saturated heterocycles. The third-order valence-corrected chi connectivity index (χ3v) is 5.00. The van der Waals surface area contributed by atoms with Gasteiger partial charge in [-0.1, -0.05) is 41.9 Å². The molecular weight excluding hydrogens is 416 g/mol. The average Bonchev–Trinajstić information content (AvgIpc) is 2.69. The molecular formula is C23H17Cl3FN. The summed E-state index contributed by atoms with van der Waals surface area (Å²) in [6.45, 7) is 0. The van der Waals surface area contributed by atoms with E-state index in [1.54, 1.807) is 12.1 Å². The van der Waals surface area contributed by atoms with Gasteiger partial charge in [-0.15, -0.1) is 24.0 Å². The Kier molecular flexibility index (Phi) is 6.56. The van der Waals surface area contributed by atoms with Gasteiger partial charge in [0.25, 0.3) is 0 Å². The number of benzene rings is 3. The van der Waals surface area contributed by atoms with Crippen molar-refractivity contribution in [2.24, 2.45) is 0 Å². The van der Waals surface area contributed by atoms with E-state index in [-0.39, 0.29) is 18.2 Å². The first-order chi connectivity index (χ1) is 13.2. The number of nitrogens with zero attached hydrogens (tertiary/aromatic N) is 1. The zero-order valence-corrected chi connectivity index (χ0v) is 17.2. The lowest BCUT2D eigenvalue weighted by Gasteiger charge is -2.17. The van der Waals surface area contributed by atoms with Crippen LogP contribution in [0.15, 0.2) is 72.8 Å². The number of rotatable bonds is 4. The van der Waals surface area contributed by atoms with Gasteiger partial charge >= 0.3 is 0 Å². The molecule has 0 atom stereocenters. The van der Waals surface area contributed by atoms with E-state index in [1.165, 1.54) is 12.1 Å². The Morgan fingerprint density at radius 2 is 1.57 bits per heavy atom. The predicted molar refractivity (Wildman–Crippen MR) is 119 cm³/mol. The first kappa shape index (κ1) is 20.6. The standard InChI is InChI=1S/C23H16Cl2FN.ClH/c24-13-12-19-22(15-4-2-1-3-5-15)20-14-17(25)8-11-21(20)27-23(19)16-6-9-18(26)10-7-16;/h1-11,14H,12-13H2;1H. The van der Waals surface area contributed by atoms with E-state index in [9.17, 15) is 4.39 Å². The van der Waals surface area contributed by atoms with Crippen LogP contribution in [0.25, 0.3) is 33.3 Å². The van der Waals surface area contributed by atoms with Crippen LogP contribution in [0.4, 0.5) is 4.39 Å². The molecule has 28 heavy (non-hydrogen) atoms. The highest BCUT2D eigenvalue weighted by atomic mass is 35.5. The SMILES string of the molecule is Cl.Fc1ccc(-c2nc3ccc(Cl)cc3c(-c3ccccc3)c2CCCl)cc1. The number of aromatic nitrogens is 1. The summed E-state index contributed by atoms with van der Waals surface area (Å²) in [5.74, 6) is 0.190. The monoisotopic (exact) mass is 431 g/mol. The van der Waals surface area contributed by atoms with E-state index in [1.807, 2.05) is 36.4 Å². The van der Waals surface area contributed by atoms with Gasteiger partial charge in [0.2, 0.25) is 0 Å². The molecule has 0 bridgehead atoms. The Labute approximate surface area is 179 Å². The molecule has 0 radical (unpaired) electrons. The second kappa shape index (κ2) is 8.91. The molecule has 4 aromatic rings. The van der Waals surface area contributed by atoms with Gasteiger partial charge in [0.15, 0.2) is 0 Å². The fourth-order valence-electron chi connectivity index (χ4n) is 3.39. The molecule has 1 aromatic heterocycles. The van der Waals surface area contributed by atoms with Gasteiger partial charge < -0.3 is 0 Å². The molecule has 142 valence electrons. The third-order valence-electron chi connectivity index (χ3n) is 4.57. The van der Waals surface area contributed by atoms with Crippen molar-refractivity contribution in [2.45, 2.75) is 6.42 Å². The molecule has 5 heteroatoms. The highest BCUT2D eigenvalue weighted by Gasteiger charge is 2.18. The lowest BCUT2D eigenvalue weighted by molar-refractivity contribution is 0.628. The lowest BCUT2D eigenvalue weighted by Crippen LogP contribution is -2.01. The quantitative estimate of drug-likeness (QED) is 0.303. The molecule has 1 nitrogen and oxygen atoms in total. The molecule has 0 amide bonds. The van der Waals surface area contributed by atoms with Crippen LogP contribution in [0.1, 0.15) is 5.56 Å². The van der Waals surface area contributed by atoms with Crippen LogP contribution in [0.3, 0.4) is 0 Å². The summed E-state index contributed by atoms with van der Waals surface area (Å²) in [6.07, 6.45) is 0.647. The highest BCUT2D eigenvalue weighted by molar-refractivity contribution is 6.31. The van der Waals surface area contributed by atoms with Gasteiger partial charge in [-0.3, -0.25) is 0 Å². The summed E-state index contributed by atoms with van der Waals surface area (Å²) >= 11 is 12.4. The van der Waals surface area contributed by atoms with Gasteiger partial charge in [0, 0.05) is 21.9 Å². The number of fused-ring (bicyclic) bond motifs is 1. The van der Waals surface area contributed by atoms with Crippen LogP contribution in [0.5, 0.6) is 0 Å². The molecule has 3 aromatic carbocycles.